The third kappa shape index (κ3) is 5.14. The summed E-state index contributed by atoms with van der Waals surface area (Å²) in [5, 5.41) is 8.74. The van der Waals surface area contributed by atoms with E-state index in [9.17, 15) is 9.59 Å². The normalized spacial score (nSPS) is 10.0. The number of unbranched alkanes of at least 4 members (excludes halogenated alkanes) is 1. The molecule has 2 N–H and O–H groups in total. The maximum absolute atomic E-state index is 11.4. The molecule has 0 unspecified atom stereocenters. The number of hydrogen-bond donors (Lipinski definition) is 2. The Hall–Kier alpha value is -1.85. The monoisotopic (exact) mass is 239 g/mol. The van der Waals surface area contributed by atoms with Gasteiger partial charge in [0.25, 0.3) is 0 Å². The smallest absolute Gasteiger partial charge is 0.235 e. The largest absolute Gasteiger partial charge is 0.360 e. The molecule has 2 amide bonds. The number of nitrogens with one attached hydrogen (secondary N) is 2. The van der Waals surface area contributed by atoms with Crippen molar-refractivity contribution in [1.82, 2.24) is 10.5 Å². The van der Waals surface area contributed by atoms with Gasteiger partial charge < -0.3 is 15.2 Å². The second-order valence-corrected chi connectivity index (χ2v) is 3.75. The minimum Gasteiger partial charge on any atom is -0.360 e. The summed E-state index contributed by atoms with van der Waals surface area (Å²) in [5.41, 5.74) is 0. The van der Waals surface area contributed by atoms with E-state index in [1.165, 1.54) is 0 Å². The summed E-state index contributed by atoms with van der Waals surface area (Å²) in [7, 11) is 0. The van der Waals surface area contributed by atoms with Crippen LogP contribution in [0.3, 0.4) is 0 Å². The van der Waals surface area contributed by atoms with E-state index in [1.54, 1.807) is 13.0 Å². The third-order valence-electron chi connectivity index (χ3n) is 2.07. The van der Waals surface area contributed by atoms with E-state index in [-0.39, 0.29) is 12.3 Å². The van der Waals surface area contributed by atoms with Crippen molar-refractivity contribution in [2.45, 2.75) is 33.1 Å². The quantitative estimate of drug-likeness (QED) is 0.577. The highest BCUT2D eigenvalue weighted by atomic mass is 16.5. The number of hydrogen-bond acceptors (Lipinski definition) is 4. The maximum atomic E-state index is 11.4. The lowest BCUT2D eigenvalue weighted by Crippen LogP contribution is -2.28. The van der Waals surface area contributed by atoms with Gasteiger partial charge in [-0.05, 0) is 13.3 Å². The average Bonchev–Trinajstić information content (AvgIpc) is 2.64. The van der Waals surface area contributed by atoms with Crippen LogP contribution in [0.1, 0.15) is 31.9 Å². The van der Waals surface area contributed by atoms with Crippen molar-refractivity contribution in [2.24, 2.45) is 0 Å². The number of nitrogens with zero attached hydrogens (tertiary/aromatic N) is 1. The van der Waals surface area contributed by atoms with E-state index in [4.69, 9.17) is 4.52 Å². The molecule has 0 aliphatic heterocycles. The van der Waals surface area contributed by atoms with Crippen molar-refractivity contribution >= 4 is 17.6 Å². The van der Waals surface area contributed by atoms with Crippen LogP contribution in [0.4, 0.5) is 5.82 Å². The highest BCUT2D eigenvalue weighted by molar-refractivity contribution is 6.03. The van der Waals surface area contributed by atoms with Crippen LogP contribution in [0.15, 0.2) is 10.6 Å². The summed E-state index contributed by atoms with van der Waals surface area (Å²) < 4.78 is 4.78. The Balaban J connectivity index is 2.27. The first-order valence-corrected chi connectivity index (χ1v) is 5.61. The van der Waals surface area contributed by atoms with Gasteiger partial charge in [-0.1, -0.05) is 18.5 Å². The minimum atomic E-state index is -0.396. The summed E-state index contributed by atoms with van der Waals surface area (Å²) in [6.45, 7) is 4.36. The molecule has 6 heteroatoms. The van der Waals surface area contributed by atoms with E-state index in [2.05, 4.69) is 15.8 Å². The van der Waals surface area contributed by atoms with Crippen LogP contribution in [-0.4, -0.2) is 23.5 Å². The Morgan fingerprint density at radius 2 is 2.18 bits per heavy atom. The van der Waals surface area contributed by atoms with Gasteiger partial charge in [-0.15, -0.1) is 0 Å². The molecule has 0 bridgehead atoms. The van der Waals surface area contributed by atoms with Crippen molar-refractivity contribution in [1.29, 1.82) is 0 Å². The molecule has 1 rings (SSSR count). The molecule has 6 nitrogen and oxygen atoms in total. The van der Waals surface area contributed by atoms with Gasteiger partial charge in [0, 0.05) is 12.6 Å². The average molecular weight is 239 g/mol. The number of carbonyl (C=O) groups excluding carboxylic acids is 2. The van der Waals surface area contributed by atoms with Crippen molar-refractivity contribution in [3.05, 3.63) is 11.8 Å². The lowest BCUT2D eigenvalue weighted by atomic mass is 10.3. The van der Waals surface area contributed by atoms with E-state index in [0.717, 1.165) is 12.8 Å². The lowest BCUT2D eigenvalue weighted by molar-refractivity contribution is -0.126. The fraction of sp³-hybridized carbons (Fsp3) is 0.545. The van der Waals surface area contributed by atoms with Crippen LogP contribution in [0.5, 0.6) is 0 Å². The molecule has 17 heavy (non-hydrogen) atoms. The van der Waals surface area contributed by atoms with Crippen LogP contribution < -0.4 is 10.6 Å². The summed E-state index contributed by atoms with van der Waals surface area (Å²) in [6, 6.07) is 1.59. The number of aryl methyl sites for hydroxylation is 1. The van der Waals surface area contributed by atoms with Gasteiger partial charge in [0.15, 0.2) is 5.82 Å². The zero-order valence-electron chi connectivity index (χ0n) is 10.1. The van der Waals surface area contributed by atoms with Gasteiger partial charge in [-0.25, -0.2) is 0 Å². The zero-order chi connectivity index (χ0) is 12.7. The first kappa shape index (κ1) is 13.2. The molecule has 1 heterocycles. The summed E-state index contributed by atoms with van der Waals surface area (Å²) in [6.07, 6.45) is 1.72. The fourth-order valence-electron chi connectivity index (χ4n) is 1.23. The molecule has 0 fully saturated rings. The molecule has 94 valence electrons. The standard InChI is InChI=1S/C11H17N3O3/c1-3-4-5-12-10(15)7-11(16)13-9-6-8(2)17-14-9/h6H,3-5,7H2,1-2H3,(H,12,15)(H,13,14,16). The molecule has 0 saturated carbocycles. The van der Waals surface area contributed by atoms with Crippen molar-refractivity contribution < 1.29 is 14.1 Å². The molecule has 1 aromatic rings. The molecule has 0 saturated heterocycles. The Morgan fingerprint density at radius 1 is 1.41 bits per heavy atom. The van der Waals surface area contributed by atoms with Crippen LogP contribution >= 0.6 is 0 Å². The Morgan fingerprint density at radius 3 is 2.76 bits per heavy atom. The molecular weight excluding hydrogens is 222 g/mol. The fourth-order valence-corrected chi connectivity index (χ4v) is 1.23. The molecule has 0 radical (unpaired) electrons. The highest BCUT2D eigenvalue weighted by Gasteiger charge is 2.10. The second kappa shape index (κ2) is 6.67. The van der Waals surface area contributed by atoms with Crippen molar-refractivity contribution in [3.8, 4) is 0 Å². The topological polar surface area (TPSA) is 84.2 Å². The number of amides is 2. The molecule has 0 aliphatic rings. The minimum absolute atomic E-state index is 0.199. The number of aromatic nitrogens is 1. The maximum Gasteiger partial charge on any atom is 0.235 e. The van der Waals surface area contributed by atoms with Crippen LogP contribution in [0, 0.1) is 6.92 Å². The lowest BCUT2D eigenvalue weighted by Gasteiger charge is -2.03. The highest BCUT2D eigenvalue weighted by Crippen LogP contribution is 2.06. The van der Waals surface area contributed by atoms with Gasteiger partial charge in [0.05, 0.1) is 0 Å². The zero-order valence-corrected chi connectivity index (χ0v) is 10.1. The van der Waals surface area contributed by atoms with E-state index >= 15 is 0 Å². The molecule has 0 atom stereocenters. The van der Waals surface area contributed by atoms with Crippen LogP contribution in [-0.2, 0) is 9.59 Å². The van der Waals surface area contributed by atoms with E-state index in [1.807, 2.05) is 6.92 Å². The van der Waals surface area contributed by atoms with Crippen molar-refractivity contribution in [2.75, 3.05) is 11.9 Å². The van der Waals surface area contributed by atoms with Gasteiger partial charge in [0.2, 0.25) is 11.8 Å². The summed E-state index contributed by atoms with van der Waals surface area (Å²) in [5.74, 6) is 0.255. The molecule has 1 aromatic heterocycles. The predicted octanol–water partition coefficient (Wildman–Crippen LogP) is 1.23. The third-order valence-corrected chi connectivity index (χ3v) is 2.07. The second-order valence-electron chi connectivity index (χ2n) is 3.75. The van der Waals surface area contributed by atoms with Gasteiger partial charge in [0.1, 0.15) is 12.2 Å². The van der Waals surface area contributed by atoms with Gasteiger partial charge in [-0.3, -0.25) is 9.59 Å². The van der Waals surface area contributed by atoms with Gasteiger partial charge in [-0.2, -0.15) is 0 Å². The number of anilines is 1. The van der Waals surface area contributed by atoms with E-state index < -0.39 is 5.91 Å². The Bertz CT molecular complexity index is 387. The van der Waals surface area contributed by atoms with Crippen LogP contribution in [0.25, 0.3) is 0 Å². The van der Waals surface area contributed by atoms with Crippen molar-refractivity contribution in [3.63, 3.8) is 0 Å². The van der Waals surface area contributed by atoms with Crippen LogP contribution in [0.2, 0.25) is 0 Å². The molecule has 0 aromatic carbocycles. The summed E-state index contributed by atoms with van der Waals surface area (Å²) >= 11 is 0. The molecular formula is C11H17N3O3. The Labute approximate surface area is 99.7 Å². The first-order chi connectivity index (χ1) is 8.11. The number of rotatable bonds is 6. The Kier molecular flexibility index (Phi) is 5.19. The predicted molar refractivity (Wildman–Crippen MR) is 62.4 cm³/mol. The number of carbonyl (C=O) groups is 2. The molecule has 0 aliphatic carbocycles. The first-order valence-electron chi connectivity index (χ1n) is 5.61. The van der Waals surface area contributed by atoms with E-state index in [0.29, 0.717) is 18.1 Å². The van der Waals surface area contributed by atoms with Gasteiger partial charge >= 0.3 is 0 Å². The SMILES string of the molecule is CCCCNC(=O)CC(=O)Nc1cc(C)on1. The summed E-state index contributed by atoms with van der Waals surface area (Å²) in [4.78, 5) is 22.7. The molecule has 0 spiro atoms.